The van der Waals surface area contributed by atoms with Gasteiger partial charge >= 0.3 is 0 Å². The Morgan fingerprint density at radius 1 is 1.00 bits per heavy atom. The van der Waals surface area contributed by atoms with Crippen LogP contribution in [-0.2, 0) is 0 Å². The normalized spacial score (nSPS) is 10.5. The second kappa shape index (κ2) is 5.08. The number of hydrogen-bond donors (Lipinski definition) is 0. The molecule has 0 unspecified atom stereocenters. The molecule has 77 valence electrons. The molecule has 0 aromatic heterocycles. The Kier molecular flexibility index (Phi) is 3.29. The van der Waals surface area contributed by atoms with Crippen LogP contribution in [-0.4, -0.2) is 5.78 Å². The molecule has 0 saturated carbocycles. The van der Waals surface area contributed by atoms with E-state index in [1.165, 1.54) is 0 Å². The SMILES string of the molecule is O=C(/C=C/c1[c]cccc1)c1ccccc1. The summed E-state index contributed by atoms with van der Waals surface area (Å²) in [6, 6.07) is 19.8. The van der Waals surface area contributed by atoms with Crippen molar-refractivity contribution in [2.45, 2.75) is 0 Å². The number of rotatable bonds is 3. The van der Waals surface area contributed by atoms with Gasteiger partial charge in [0.2, 0.25) is 0 Å². The van der Waals surface area contributed by atoms with E-state index in [2.05, 4.69) is 6.07 Å². The third kappa shape index (κ3) is 2.67. The number of carbonyl (C=O) groups is 1. The Hall–Kier alpha value is -2.15. The molecule has 2 aromatic carbocycles. The summed E-state index contributed by atoms with van der Waals surface area (Å²) in [6.07, 6.45) is 3.34. The van der Waals surface area contributed by atoms with Crippen LogP contribution in [0.15, 0.2) is 60.7 Å². The molecular weight excluding hydrogens is 196 g/mol. The molecule has 0 saturated heterocycles. The smallest absolute Gasteiger partial charge is 0.185 e. The fraction of sp³-hybridized carbons (Fsp3) is 0. The van der Waals surface area contributed by atoms with E-state index >= 15 is 0 Å². The topological polar surface area (TPSA) is 17.1 Å². The lowest BCUT2D eigenvalue weighted by Gasteiger charge is -1.94. The van der Waals surface area contributed by atoms with Gasteiger partial charge in [-0.05, 0) is 17.7 Å². The van der Waals surface area contributed by atoms with Gasteiger partial charge in [-0.15, -0.1) is 0 Å². The summed E-state index contributed by atoms with van der Waals surface area (Å²) in [6.45, 7) is 0. The van der Waals surface area contributed by atoms with E-state index in [1.54, 1.807) is 24.3 Å². The largest absolute Gasteiger partial charge is 0.289 e. The van der Waals surface area contributed by atoms with Crippen molar-refractivity contribution < 1.29 is 4.79 Å². The van der Waals surface area contributed by atoms with Crippen LogP contribution in [0.3, 0.4) is 0 Å². The van der Waals surface area contributed by atoms with Crippen molar-refractivity contribution in [1.29, 1.82) is 0 Å². The first-order valence-corrected chi connectivity index (χ1v) is 5.10. The van der Waals surface area contributed by atoms with E-state index in [4.69, 9.17) is 0 Å². The summed E-state index contributed by atoms with van der Waals surface area (Å²) >= 11 is 0. The Bertz CT molecular complexity index is 483. The third-order valence-electron chi connectivity index (χ3n) is 2.21. The Morgan fingerprint density at radius 2 is 1.75 bits per heavy atom. The van der Waals surface area contributed by atoms with Crippen LogP contribution in [0, 0.1) is 6.07 Å². The molecule has 1 heteroatoms. The summed E-state index contributed by atoms with van der Waals surface area (Å²) in [5.41, 5.74) is 1.61. The van der Waals surface area contributed by atoms with Crippen LogP contribution in [0.25, 0.3) is 6.08 Å². The van der Waals surface area contributed by atoms with Gasteiger partial charge in [-0.1, -0.05) is 60.7 Å². The highest BCUT2D eigenvalue weighted by Crippen LogP contribution is 2.04. The monoisotopic (exact) mass is 207 g/mol. The van der Waals surface area contributed by atoms with Crippen molar-refractivity contribution >= 4 is 11.9 Å². The zero-order chi connectivity index (χ0) is 11.2. The van der Waals surface area contributed by atoms with Crippen LogP contribution in [0.1, 0.15) is 15.9 Å². The number of benzene rings is 2. The van der Waals surface area contributed by atoms with Crippen LogP contribution in [0.5, 0.6) is 0 Å². The predicted molar refractivity (Wildman–Crippen MR) is 65.1 cm³/mol. The lowest BCUT2D eigenvalue weighted by atomic mass is 10.1. The molecule has 2 rings (SSSR count). The van der Waals surface area contributed by atoms with Crippen LogP contribution >= 0.6 is 0 Å². The summed E-state index contributed by atoms with van der Waals surface area (Å²) in [5, 5.41) is 0. The molecular formula is C15H11O. The minimum absolute atomic E-state index is 0.0119. The Balaban J connectivity index is 2.12. The van der Waals surface area contributed by atoms with Gasteiger partial charge in [0.25, 0.3) is 0 Å². The lowest BCUT2D eigenvalue weighted by molar-refractivity contribution is 0.104. The summed E-state index contributed by atoms with van der Waals surface area (Å²) < 4.78 is 0. The predicted octanol–water partition coefficient (Wildman–Crippen LogP) is 3.38. The molecule has 0 bridgehead atoms. The minimum Gasteiger partial charge on any atom is -0.289 e. The van der Waals surface area contributed by atoms with Gasteiger partial charge in [0.15, 0.2) is 5.78 Å². The summed E-state index contributed by atoms with van der Waals surface area (Å²) in [5.74, 6) is 0.0119. The maximum absolute atomic E-state index is 11.7. The second-order valence-corrected chi connectivity index (χ2v) is 3.38. The first-order valence-electron chi connectivity index (χ1n) is 5.10. The first-order chi connectivity index (χ1) is 7.86. The molecule has 1 nitrogen and oxygen atoms in total. The molecule has 0 N–H and O–H groups in total. The van der Waals surface area contributed by atoms with E-state index in [1.807, 2.05) is 42.5 Å². The van der Waals surface area contributed by atoms with Gasteiger partial charge in [-0.2, -0.15) is 0 Å². The van der Waals surface area contributed by atoms with Gasteiger partial charge in [-0.3, -0.25) is 4.79 Å². The van der Waals surface area contributed by atoms with Crippen LogP contribution < -0.4 is 0 Å². The maximum atomic E-state index is 11.7. The molecule has 16 heavy (non-hydrogen) atoms. The zero-order valence-electron chi connectivity index (χ0n) is 8.76. The van der Waals surface area contributed by atoms with Crippen LogP contribution in [0.4, 0.5) is 0 Å². The maximum Gasteiger partial charge on any atom is 0.185 e. The standard InChI is InChI=1S/C15H11O/c16-15(14-9-5-2-6-10-14)12-11-13-7-3-1-4-8-13/h1-7,9-12H/b12-11+. The highest BCUT2D eigenvalue weighted by Gasteiger charge is 1.98. The Labute approximate surface area is 95.1 Å². The van der Waals surface area contributed by atoms with Crippen molar-refractivity contribution in [2.75, 3.05) is 0 Å². The molecule has 0 fully saturated rings. The van der Waals surface area contributed by atoms with Gasteiger partial charge in [0.1, 0.15) is 0 Å². The van der Waals surface area contributed by atoms with Crippen molar-refractivity contribution in [3.05, 3.63) is 77.9 Å². The average Bonchev–Trinajstić information content (AvgIpc) is 2.38. The van der Waals surface area contributed by atoms with Crippen molar-refractivity contribution in [3.63, 3.8) is 0 Å². The van der Waals surface area contributed by atoms with Gasteiger partial charge in [0.05, 0.1) is 0 Å². The van der Waals surface area contributed by atoms with Gasteiger partial charge < -0.3 is 0 Å². The first kappa shape index (κ1) is 10.4. The van der Waals surface area contributed by atoms with Crippen molar-refractivity contribution in [1.82, 2.24) is 0 Å². The zero-order valence-corrected chi connectivity index (χ0v) is 8.76. The van der Waals surface area contributed by atoms with Gasteiger partial charge in [-0.25, -0.2) is 0 Å². The summed E-state index contributed by atoms with van der Waals surface area (Å²) in [7, 11) is 0. The third-order valence-corrected chi connectivity index (χ3v) is 2.21. The molecule has 0 aliphatic carbocycles. The van der Waals surface area contributed by atoms with Crippen molar-refractivity contribution in [3.8, 4) is 0 Å². The fourth-order valence-electron chi connectivity index (χ4n) is 1.38. The van der Waals surface area contributed by atoms with Crippen LogP contribution in [0.2, 0.25) is 0 Å². The fourth-order valence-corrected chi connectivity index (χ4v) is 1.38. The number of hydrogen-bond acceptors (Lipinski definition) is 1. The molecule has 0 aliphatic rings. The lowest BCUT2D eigenvalue weighted by Crippen LogP contribution is -1.92. The Morgan fingerprint density at radius 3 is 2.44 bits per heavy atom. The highest BCUT2D eigenvalue weighted by atomic mass is 16.1. The quantitative estimate of drug-likeness (QED) is 0.557. The van der Waals surface area contributed by atoms with E-state index in [0.717, 1.165) is 5.56 Å². The highest BCUT2D eigenvalue weighted by molar-refractivity contribution is 6.06. The average molecular weight is 207 g/mol. The minimum atomic E-state index is 0.0119. The van der Waals surface area contributed by atoms with Gasteiger partial charge in [0, 0.05) is 5.56 Å². The molecule has 0 aliphatic heterocycles. The van der Waals surface area contributed by atoms with E-state index in [-0.39, 0.29) is 5.78 Å². The summed E-state index contributed by atoms with van der Waals surface area (Å²) in [4.78, 5) is 11.7. The number of allylic oxidation sites excluding steroid dienone is 1. The number of ketones is 1. The second-order valence-electron chi connectivity index (χ2n) is 3.38. The molecule has 0 heterocycles. The molecule has 1 radical (unpaired) electrons. The van der Waals surface area contributed by atoms with E-state index in [0.29, 0.717) is 5.56 Å². The number of carbonyl (C=O) groups excluding carboxylic acids is 1. The molecule has 0 amide bonds. The van der Waals surface area contributed by atoms with E-state index < -0.39 is 0 Å². The van der Waals surface area contributed by atoms with Crippen molar-refractivity contribution in [2.24, 2.45) is 0 Å². The molecule has 0 atom stereocenters. The van der Waals surface area contributed by atoms with E-state index in [9.17, 15) is 4.79 Å². The molecule has 2 aromatic rings. The molecule has 0 spiro atoms.